The number of benzene rings is 1. The fourth-order valence-corrected chi connectivity index (χ4v) is 1.75. The van der Waals surface area contributed by atoms with Crippen LogP contribution in [0.5, 0.6) is 0 Å². The Morgan fingerprint density at radius 3 is 2.76 bits per heavy atom. The van der Waals surface area contributed by atoms with Crippen LogP contribution in [0.25, 0.3) is 0 Å². The second-order valence-corrected chi connectivity index (χ2v) is 4.23. The summed E-state index contributed by atoms with van der Waals surface area (Å²) < 4.78 is 5.97. The van der Waals surface area contributed by atoms with Gasteiger partial charge in [-0.1, -0.05) is 34.1 Å². The van der Waals surface area contributed by atoms with Gasteiger partial charge in [0.15, 0.2) is 0 Å². The Hall–Kier alpha value is -1.75. The Balaban J connectivity index is 1.86. The van der Waals surface area contributed by atoms with Gasteiger partial charge in [0.05, 0.1) is 6.26 Å². The van der Waals surface area contributed by atoms with Gasteiger partial charge in [-0.05, 0) is 17.7 Å². The fourth-order valence-electron chi connectivity index (χ4n) is 1.32. The quantitative estimate of drug-likeness (QED) is 0.912. The molecule has 0 unspecified atom stereocenters. The van der Waals surface area contributed by atoms with E-state index in [0.717, 1.165) is 10.0 Å². The normalized spacial score (nSPS) is 9.94. The number of rotatable bonds is 3. The molecular formula is C12H11BrN2O2. The summed E-state index contributed by atoms with van der Waals surface area (Å²) in [5.41, 5.74) is 1.02. The van der Waals surface area contributed by atoms with Crippen molar-refractivity contribution in [1.29, 1.82) is 0 Å². The molecule has 0 aliphatic rings. The SMILES string of the molecule is O=C(NCc1ccccc1Br)Nc1ccco1. The second kappa shape index (κ2) is 5.54. The van der Waals surface area contributed by atoms with E-state index >= 15 is 0 Å². The number of halogens is 1. The molecule has 0 radical (unpaired) electrons. The predicted octanol–water partition coefficient (Wildman–Crippen LogP) is 3.36. The van der Waals surface area contributed by atoms with Gasteiger partial charge in [-0.15, -0.1) is 0 Å². The molecule has 88 valence electrons. The number of carbonyl (C=O) groups is 1. The van der Waals surface area contributed by atoms with Crippen LogP contribution in [0.4, 0.5) is 10.7 Å². The topological polar surface area (TPSA) is 54.3 Å². The largest absolute Gasteiger partial charge is 0.449 e. The third-order valence-corrected chi connectivity index (χ3v) is 2.93. The first-order valence-corrected chi connectivity index (χ1v) is 5.87. The van der Waals surface area contributed by atoms with Crippen molar-refractivity contribution in [3.05, 3.63) is 52.7 Å². The smallest absolute Gasteiger partial charge is 0.321 e. The van der Waals surface area contributed by atoms with Gasteiger partial charge in [-0.25, -0.2) is 4.79 Å². The van der Waals surface area contributed by atoms with E-state index in [9.17, 15) is 4.79 Å². The van der Waals surface area contributed by atoms with Crippen LogP contribution in [-0.2, 0) is 6.54 Å². The first-order chi connectivity index (χ1) is 8.25. The molecule has 0 spiro atoms. The number of furan rings is 1. The fraction of sp³-hybridized carbons (Fsp3) is 0.0833. The molecule has 1 heterocycles. The monoisotopic (exact) mass is 294 g/mol. The summed E-state index contributed by atoms with van der Waals surface area (Å²) in [6.07, 6.45) is 1.50. The van der Waals surface area contributed by atoms with Crippen LogP contribution in [0.15, 0.2) is 51.6 Å². The Morgan fingerprint density at radius 1 is 1.24 bits per heavy atom. The Labute approximate surface area is 107 Å². The number of urea groups is 1. The maximum Gasteiger partial charge on any atom is 0.321 e. The summed E-state index contributed by atoms with van der Waals surface area (Å²) in [5, 5.41) is 5.32. The lowest BCUT2D eigenvalue weighted by Crippen LogP contribution is -2.28. The van der Waals surface area contributed by atoms with Gasteiger partial charge < -0.3 is 9.73 Å². The van der Waals surface area contributed by atoms with Crippen molar-refractivity contribution in [3.63, 3.8) is 0 Å². The van der Waals surface area contributed by atoms with Crippen molar-refractivity contribution in [2.24, 2.45) is 0 Å². The molecule has 0 bridgehead atoms. The molecule has 0 saturated heterocycles. The van der Waals surface area contributed by atoms with Crippen molar-refractivity contribution < 1.29 is 9.21 Å². The molecule has 17 heavy (non-hydrogen) atoms. The average molecular weight is 295 g/mol. The highest BCUT2D eigenvalue weighted by Crippen LogP contribution is 2.15. The first kappa shape index (κ1) is 11.7. The van der Waals surface area contributed by atoms with E-state index in [4.69, 9.17) is 4.42 Å². The maximum absolute atomic E-state index is 11.5. The van der Waals surface area contributed by atoms with Crippen LogP contribution in [0, 0.1) is 0 Å². The van der Waals surface area contributed by atoms with Crippen LogP contribution in [0.1, 0.15) is 5.56 Å². The van der Waals surface area contributed by atoms with E-state index in [0.29, 0.717) is 12.4 Å². The standard InChI is InChI=1S/C12H11BrN2O2/c13-10-5-2-1-4-9(10)8-14-12(16)15-11-6-3-7-17-11/h1-7H,8H2,(H2,14,15,16). The Morgan fingerprint density at radius 2 is 2.06 bits per heavy atom. The van der Waals surface area contributed by atoms with E-state index in [1.54, 1.807) is 12.1 Å². The number of hydrogen-bond acceptors (Lipinski definition) is 2. The van der Waals surface area contributed by atoms with Gasteiger partial charge in [-0.2, -0.15) is 0 Å². The van der Waals surface area contributed by atoms with Crippen molar-refractivity contribution in [2.75, 3.05) is 5.32 Å². The van der Waals surface area contributed by atoms with E-state index in [-0.39, 0.29) is 6.03 Å². The van der Waals surface area contributed by atoms with Crippen LogP contribution in [0.2, 0.25) is 0 Å². The molecule has 2 amide bonds. The number of anilines is 1. The van der Waals surface area contributed by atoms with Gasteiger partial charge in [0.1, 0.15) is 0 Å². The molecule has 1 aromatic carbocycles. The van der Waals surface area contributed by atoms with Crippen LogP contribution in [-0.4, -0.2) is 6.03 Å². The van der Waals surface area contributed by atoms with Gasteiger partial charge in [0.2, 0.25) is 5.88 Å². The van der Waals surface area contributed by atoms with Gasteiger partial charge in [0, 0.05) is 17.1 Å². The van der Waals surface area contributed by atoms with Crippen LogP contribution >= 0.6 is 15.9 Å². The van der Waals surface area contributed by atoms with Crippen molar-refractivity contribution in [2.45, 2.75) is 6.54 Å². The predicted molar refractivity (Wildman–Crippen MR) is 68.7 cm³/mol. The molecule has 1 aromatic heterocycles. The molecule has 0 aliphatic carbocycles. The zero-order valence-electron chi connectivity index (χ0n) is 8.94. The zero-order chi connectivity index (χ0) is 12.1. The minimum Gasteiger partial charge on any atom is -0.449 e. The molecule has 2 N–H and O–H groups in total. The number of nitrogens with one attached hydrogen (secondary N) is 2. The zero-order valence-corrected chi connectivity index (χ0v) is 10.5. The first-order valence-electron chi connectivity index (χ1n) is 5.07. The van der Waals surface area contributed by atoms with Crippen molar-refractivity contribution in [1.82, 2.24) is 5.32 Å². The summed E-state index contributed by atoms with van der Waals surface area (Å²) in [5.74, 6) is 0.426. The summed E-state index contributed by atoms with van der Waals surface area (Å²) >= 11 is 3.42. The molecular weight excluding hydrogens is 284 g/mol. The minimum absolute atomic E-state index is 0.296. The number of carbonyl (C=O) groups excluding carboxylic acids is 1. The van der Waals surface area contributed by atoms with E-state index in [1.807, 2.05) is 24.3 Å². The van der Waals surface area contributed by atoms with E-state index < -0.39 is 0 Å². The van der Waals surface area contributed by atoms with E-state index in [1.165, 1.54) is 6.26 Å². The third kappa shape index (κ3) is 3.35. The molecule has 0 aliphatic heterocycles. The molecule has 0 atom stereocenters. The van der Waals surface area contributed by atoms with Gasteiger partial charge in [-0.3, -0.25) is 5.32 Å². The summed E-state index contributed by atoms with van der Waals surface area (Å²) in [4.78, 5) is 11.5. The number of hydrogen-bond donors (Lipinski definition) is 2. The highest BCUT2D eigenvalue weighted by molar-refractivity contribution is 9.10. The molecule has 5 heteroatoms. The third-order valence-electron chi connectivity index (χ3n) is 2.16. The Bertz CT molecular complexity index is 497. The van der Waals surface area contributed by atoms with Gasteiger partial charge >= 0.3 is 6.03 Å². The van der Waals surface area contributed by atoms with E-state index in [2.05, 4.69) is 26.6 Å². The maximum atomic E-state index is 11.5. The second-order valence-electron chi connectivity index (χ2n) is 3.38. The molecule has 4 nitrogen and oxygen atoms in total. The molecule has 2 aromatic rings. The summed E-state index contributed by atoms with van der Waals surface area (Å²) in [6, 6.07) is 10.8. The Kier molecular flexibility index (Phi) is 3.82. The highest BCUT2D eigenvalue weighted by atomic mass is 79.9. The number of amides is 2. The highest BCUT2D eigenvalue weighted by Gasteiger charge is 2.04. The van der Waals surface area contributed by atoms with Crippen LogP contribution < -0.4 is 10.6 Å². The molecule has 2 rings (SSSR count). The lowest BCUT2D eigenvalue weighted by atomic mass is 10.2. The minimum atomic E-state index is -0.296. The lowest BCUT2D eigenvalue weighted by Gasteiger charge is -2.07. The van der Waals surface area contributed by atoms with Crippen molar-refractivity contribution in [3.8, 4) is 0 Å². The van der Waals surface area contributed by atoms with Gasteiger partial charge in [0.25, 0.3) is 0 Å². The van der Waals surface area contributed by atoms with Crippen LogP contribution in [0.3, 0.4) is 0 Å². The summed E-state index contributed by atoms with van der Waals surface area (Å²) in [7, 11) is 0. The van der Waals surface area contributed by atoms with Crippen molar-refractivity contribution >= 4 is 27.8 Å². The average Bonchev–Trinajstić information content (AvgIpc) is 2.81. The summed E-state index contributed by atoms with van der Waals surface area (Å²) in [6.45, 7) is 0.452. The lowest BCUT2D eigenvalue weighted by molar-refractivity contribution is 0.251. The molecule has 0 saturated carbocycles. The molecule has 0 fully saturated rings.